The molecule has 0 radical (unpaired) electrons. The molecule has 0 saturated heterocycles. The summed E-state index contributed by atoms with van der Waals surface area (Å²) in [6.07, 6.45) is 6.08. The molecule has 0 bridgehead atoms. The molecule has 5 heteroatoms. The van der Waals surface area contributed by atoms with E-state index in [2.05, 4.69) is 45.5 Å². The minimum atomic E-state index is -2.91. The van der Waals surface area contributed by atoms with E-state index in [1.54, 1.807) is 0 Å². The summed E-state index contributed by atoms with van der Waals surface area (Å²) in [5, 5.41) is 3.24. The van der Waals surface area contributed by atoms with Gasteiger partial charge in [0.05, 0.1) is 5.25 Å². The fourth-order valence-electron chi connectivity index (χ4n) is 3.31. The average Bonchev–Trinajstić information content (AvgIpc) is 2.46. The van der Waals surface area contributed by atoms with E-state index in [9.17, 15) is 8.42 Å². The Balaban J connectivity index is 2.04. The van der Waals surface area contributed by atoms with Crippen LogP contribution in [-0.4, -0.2) is 33.0 Å². The Hall–Kier alpha value is -0.390. The maximum absolute atomic E-state index is 11.8. The number of hydrogen-bond acceptors (Lipinski definition) is 3. The van der Waals surface area contributed by atoms with Crippen molar-refractivity contribution in [2.24, 2.45) is 5.92 Å². The molecule has 1 fully saturated rings. The molecular weight excluding hydrogens is 350 g/mol. The van der Waals surface area contributed by atoms with Crippen LogP contribution in [0, 0.1) is 5.92 Å². The van der Waals surface area contributed by atoms with Gasteiger partial charge in [0.25, 0.3) is 0 Å². The number of rotatable bonds is 5. The van der Waals surface area contributed by atoms with E-state index in [1.165, 1.54) is 11.8 Å². The molecule has 3 nitrogen and oxygen atoms in total. The van der Waals surface area contributed by atoms with E-state index in [0.717, 1.165) is 36.6 Å². The molecule has 3 atom stereocenters. The largest absolute Gasteiger partial charge is 0.316 e. The zero-order valence-corrected chi connectivity index (χ0v) is 15.1. The fourth-order valence-corrected chi connectivity index (χ4v) is 4.77. The van der Waals surface area contributed by atoms with Gasteiger partial charge in [0, 0.05) is 16.8 Å². The highest BCUT2D eigenvalue weighted by Crippen LogP contribution is 2.31. The summed E-state index contributed by atoms with van der Waals surface area (Å²) in [4.78, 5) is 0. The molecule has 1 aromatic rings. The van der Waals surface area contributed by atoms with Gasteiger partial charge in [-0.2, -0.15) is 0 Å². The zero-order valence-electron chi connectivity index (χ0n) is 12.7. The summed E-state index contributed by atoms with van der Waals surface area (Å²) in [6.45, 7) is 0. The van der Waals surface area contributed by atoms with Gasteiger partial charge in [-0.25, -0.2) is 8.42 Å². The Morgan fingerprint density at radius 3 is 2.52 bits per heavy atom. The standard InChI is InChI=1S/C16H24BrNO2S/c1-18-16(10-12-6-8-14(17)9-7-12)13-4-3-5-15(11-13)21(2,19)20/h6-9,13,15-16,18H,3-5,10-11H2,1-2H3. The lowest BCUT2D eigenvalue weighted by Gasteiger charge is -2.34. The van der Waals surface area contributed by atoms with E-state index in [0.29, 0.717) is 12.0 Å². The van der Waals surface area contributed by atoms with Crippen molar-refractivity contribution in [2.45, 2.75) is 43.4 Å². The van der Waals surface area contributed by atoms with Gasteiger partial charge in [0.2, 0.25) is 0 Å². The summed E-state index contributed by atoms with van der Waals surface area (Å²) < 4.78 is 24.7. The van der Waals surface area contributed by atoms with Crippen molar-refractivity contribution in [1.82, 2.24) is 5.32 Å². The van der Waals surface area contributed by atoms with Gasteiger partial charge >= 0.3 is 0 Å². The molecule has 118 valence electrons. The van der Waals surface area contributed by atoms with Crippen LogP contribution >= 0.6 is 15.9 Å². The van der Waals surface area contributed by atoms with E-state index in [1.807, 2.05) is 7.05 Å². The molecular formula is C16H24BrNO2S. The van der Waals surface area contributed by atoms with Gasteiger partial charge in [0.1, 0.15) is 9.84 Å². The quantitative estimate of drug-likeness (QED) is 0.861. The summed E-state index contributed by atoms with van der Waals surface area (Å²) in [6, 6.07) is 8.72. The fraction of sp³-hybridized carbons (Fsp3) is 0.625. The SMILES string of the molecule is CNC(Cc1ccc(Br)cc1)C1CCCC(S(C)(=O)=O)C1. The summed E-state index contributed by atoms with van der Waals surface area (Å²) in [5.74, 6) is 0.437. The molecule has 1 saturated carbocycles. The topological polar surface area (TPSA) is 46.2 Å². The second-order valence-electron chi connectivity index (χ2n) is 6.10. The highest BCUT2D eigenvalue weighted by Gasteiger charge is 2.32. The van der Waals surface area contributed by atoms with Gasteiger partial charge in [-0.05, 0) is 56.3 Å². The second kappa shape index (κ2) is 7.25. The molecule has 2 rings (SSSR count). The van der Waals surface area contributed by atoms with Gasteiger partial charge in [-0.15, -0.1) is 0 Å². The van der Waals surface area contributed by atoms with Crippen molar-refractivity contribution in [3.05, 3.63) is 34.3 Å². The van der Waals surface area contributed by atoms with Crippen molar-refractivity contribution in [3.63, 3.8) is 0 Å². The first-order valence-corrected chi connectivity index (χ1v) is 10.3. The van der Waals surface area contributed by atoms with Crippen LogP contribution < -0.4 is 5.32 Å². The second-order valence-corrected chi connectivity index (χ2v) is 9.35. The van der Waals surface area contributed by atoms with Crippen LogP contribution in [-0.2, 0) is 16.3 Å². The number of benzene rings is 1. The summed E-state index contributed by atoms with van der Waals surface area (Å²) in [7, 11) is -0.933. The number of likely N-dealkylation sites (N-methyl/N-ethyl adjacent to an activating group) is 1. The van der Waals surface area contributed by atoms with Gasteiger partial charge in [-0.1, -0.05) is 34.5 Å². The Bertz CT molecular complexity index is 556. The molecule has 1 aromatic carbocycles. The molecule has 21 heavy (non-hydrogen) atoms. The predicted molar refractivity (Wildman–Crippen MR) is 91.3 cm³/mol. The molecule has 1 aliphatic carbocycles. The first-order valence-electron chi connectivity index (χ1n) is 7.50. The van der Waals surface area contributed by atoms with Crippen molar-refractivity contribution in [3.8, 4) is 0 Å². The van der Waals surface area contributed by atoms with Crippen molar-refractivity contribution in [2.75, 3.05) is 13.3 Å². The van der Waals surface area contributed by atoms with Crippen LogP contribution in [0.4, 0.5) is 0 Å². The van der Waals surface area contributed by atoms with E-state index >= 15 is 0 Å². The highest BCUT2D eigenvalue weighted by atomic mass is 79.9. The summed E-state index contributed by atoms with van der Waals surface area (Å²) in [5.41, 5.74) is 1.29. The third-order valence-corrected chi connectivity index (χ3v) is 6.75. The molecule has 0 aliphatic heterocycles. The molecule has 0 amide bonds. The van der Waals surface area contributed by atoms with Crippen LogP contribution in [0.2, 0.25) is 0 Å². The van der Waals surface area contributed by atoms with Gasteiger partial charge < -0.3 is 5.32 Å². The van der Waals surface area contributed by atoms with Crippen molar-refractivity contribution in [1.29, 1.82) is 0 Å². The Morgan fingerprint density at radius 2 is 1.95 bits per heavy atom. The molecule has 1 N–H and O–H groups in total. The molecule has 0 spiro atoms. The lowest BCUT2D eigenvalue weighted by Crippen LogP contribution is -2.40. The maximum Gasteiger partial charge on any atom is 0.150 e. The first-order chi connectivity index (χ1) is 9.90. The summed E-state index contributed by atoms with van der Waals surface area (Å²) >= 11 is 3.45. The number of sulfone groups is 1. The van der Waals surface area contributed by atoms with Crippen LogP contribution in [0.5, 0.6) is 0 Å². The Morgan fingerprint density at radius 1 is 1.29 bits per heavy atom. The number of hydrogen-bond donors (Lipinski definition) is 1. The average molecular weight is 374 g/mol. The normalized spacial score (nSPS) is 24.7. The first kappa shape index (κ1) is 17.0. The Kier molecular flexibility index (Phi) is 5.86. The van der Waals surface area contributed by atoms with Crippen molar-refractivity contribution >= 4 is 25.8 Å². The van der Waals surface area contributed by atoms with Gasteiger partial charge in [-0.3, -0.25) is 0 Å². The minimum Gasteiger partial charge on any atom is -0.316 e. The minimum absolute atomic E-state index is 0.156. The monoisotopic (exact) mass is 373 g/mol. The smallest absolute Gasteiger partial charge is 0.150 e. The lowest BCUT2D eigenvalue weighted by molar-refractivity contribution is 0.278. The lowest BCUT2D eigenvalue weighted by atomic mass is 9.81. The third-order valence-electron chi connectivity index (χ3n) is 4.58. The predicted octanol–water partition coefficient (Wildman–Crippen LogP) is 3.18. The molecule has 0 aromatic heterocycles. The number of nitrogens with one attached hydrogen (secondary N) is 1. The molecule has 3 unspecified atom stereocenters. The molecule has 0 heterocycles. The highest BCUT2D eigenvalue weighted by molar-refractivity contribution is 9.10. The van der Waals surface area contributed by atoms with Crippen molar-refractivity contribution < 1.29 is 8.42 Å². The van der Waals surface area contributed by atoms with E-state index < -0.39 is 9.84 Å². The number of halogens is 1. The van der Waals surface area contributed by atoms with E-state index in [4.69, 9.17) is 0 Å². The molecule has 1 aliphatic rings. The zero-order chi connectivity index (χ0) is 15.5. The van der Waals surface area contributed by atoms with Crippen LogP contribution in [0.1, 0.15) is 31.2 Å². The van der Waals surface area contributed by atoms with Crippen LogP contribution in [0.3, 0.4) is 0 Å². The third kappa shape index (κ3) is 4.80. The van der Waals surface area contributed by atoms with Crippen LogP contribution in [0.25, 0.3) is 0 Å². The van der Waals surface area contributed by atoms with Gasteiger partial charge in [0.15, 0.2) is 0 Å². The van der Waals surface area contributed by atoms with Crippen LogP contribution in [0.15, 0.2) is 28.7 Å². The Labute approximate surface area is 136 Å². The maximum atomic E-state index is 11.8. The van der Waals surface area contributed by atoms with E-state index in [-0.39, 0.29) is 5.25 Å².